The van der Waals surface area contributed by atoms with E-state index in [4.69, 9.17) is 25.5 Å². The second-order valence-corrected chi connectivity index (χ2v) is 9.93. The smallest absolute Gasteiger partial charge is 0.335 e. The Morgan fingerprint density at radius 1 is 1.11 bits per heavy atom. The Morgan fingerprint density at radius 3 is 2.68 bits per heavy atom. The molecule has 1 saturated heterocycles. The van der Waals surface area contributed by atoms with Crippen LogP contribution in [0.2, 0.25) is 5.02 Å². The summed E-state index contributed by atoms with van der Waals surface area (Å²) < 4.78 is 19.8. The van der Waals surface area contributed by atoms with Crippen LogP contribution in [0.1, 0.15) is 42.6 Å². The molecule has 1 fully saturated rings. The fraction of sp³-hybridized carbons (Fsp3) is 0.393. The van der Waals surface area contributed by atoms with Crippen molar-refractivity contribution in [3.63, 3.8) is 0 Å². The van der Waals surface area contributed by atoms with Crippen molar-refractivity contribution in [2.75, 3.05) is 13.2 Å². The predicted octanol–water partition coefficient (Wildman–Crippen LogP) is 4.57. The number of halogens is 1. The number of aromatic amines is 1. The summed E-state index contributed by atoms with van der Waals surface area (Å²) in [6.45, 7) is 5.41. The molecule has 3 heterocycles. The maximum Gasteiger partial charge on any atom is 0.335 e. The van der Waals surface area contributed by atoms with Crippen molar-refractivity contribution < 1.29 is 13.9 Å². The second kappa shape index (κ2) is 11.6. The zero-order valence-electron chi connectivity index (χ0n) is 21.5. The summed E-state index contributed by atoms with van der Waals surface area (Å²) in [5.41, 5.74) is 2.42. The number of benzene rings is 2. The van der Waals surface area contributed by atoms with E-state index < -0.39 is 11.4 Å². The van der Waals surface area contributed by atoms with Gasteiger partial charge in [0.25, 0.3) is 0 Å². The average molecular weight is 539 g/mol. The van der Waals surface area contributed by atoms with E-state index in [2.05, 4.69) is 9.98 Å². The first-order valence-electron chi connectivity index (χ1n) is 12.8. The van der Waals surface area contributed by atoms with E-state index in [1.807, 2.05) is 38.1 Å². The molecule has 9 nitrogen and oxygen atoms in total. The van der Waals surface area contributed by atoms with Crippen molar-refractivity contribution in [1.82, 2.24) is 14.1 Å². The molecule has 38 heavy (non-hydrogen) atoms. The fourth-order valence-electron chi connectivity index (χ4n) is 4.56. The van der Waals surface area contributed by atoms with Gasteiger partial charge >= 0.3 is 11.4 Å². The van der Waals surface area contributed by atoms with Crippen molar-refractivity contribution in [2.45, 2.75) is 58.9 Å². The molecule has 0 saturated carbocycles. The zero-order chi connectivity index (χ0) is 26.6. The number of hydrogen-bond donors (Lipinski definition) is 1. The summed E-state index contributed by atoms with van der Waals surface area (Å²) in [6.07, 6.45) is 3.27. The Bertz CT molecular complexity index is 1610. The molecule has 5 rings (SSSR count). The number of fused-ring (bicyclic) bond motifs is 1. The minimum atomic E-state index is -0.522. The molecule has 0 amide bonds. The molecular weight excluding hydrogens is 508 g/mol. The molecular formula is C28H31ClN4O5. The lowest BCUT2D eigenvalue weighted by molar-refractivity contribution is -0.163. The van der Waals surface area contributed by atoms with Crippen LogP contribution in [0.15, 0.2) is 61.5 Å². The van der Waals surface area contributed by atoms with Crippen LogP contribution in [0.25, 0.3) is 11.0 Å². The van der Waals surface area contributed by atoms with Gasteiger partial charge < -0.3 is 13.9 Å². The zero-order valence-corrected chi connectivity index (χ0v) is 22.3. The van der Waals surface area contributed by atoms with Crippen LogP contribution in [0, 0.1) is 13.8 Å². The molecule has 0 aliphatic carbocycles. The number of aryl methyl sites for hydroxylation is 2. The van der Waals surface area contributed by atoms with E-state index in [9.17, 15) is 9.59 Å². The standard InChI is InChI=1S/C28H31ClN4O5/c1-18-19(2)38-24-12-11-22(16-23(18)24)30-26-31-27(34)32(13-5-15-37-25-6-3-4-14-36-25)28(35)33(26)17-20-7-9-21(29)10-8-20/h7-12,16,25H,3-6,13-15,17H2,1-2H3,(H,30,31,34). The van der Waals surface area contributed by atoms with E-state index in [-0.39, 0.29) is 25.0 Å². The van der Waals surface area contributed by atoms with Gasteiger partial charge in [-0.3, -0.25) is 9.55 Å². The summed E-state index contributed by atoms with van der Waals surface area (Å²) in [5.74, 6) is 0.838. The minimum Gasteiger partial charge on any atom is -0.461 e. The second-order valence-electron chi connectivity index (χ2n) is 9.50. The lowest BCUT2D eigenvalue weighted by Gasteiger charge is -2.22. The van der Waals surface area contributed by atoms with E-state index >= 15 is 0 Å². The summed E-state index contributed by atoms with van der Waals surface area (Å²) in [5, 5.41) is 1.54. The summed E-state index contributed by atoms with van der Waals surface area (Å²) in [7, 11) is 0. The van der Waals surface area contributed by atoms with Gasteiger partial charge in [-0.05, 0) is 81.0 Å². The van der Waals surface area contributed by atoms with Crippen molar-refractivity contribution in [1.29, 1.82) is 0 Å². The Kier molecular flexibility index (Phi) is 7.97. The van der Waals surface area contributed by atoms with E-state index in [0.29, 0.717) is 30.3 Å². The molecule has 0 bridgehead atoms. The van der Waals surface area contributed by atoms with Crippen LogP contribution in [0.3, 0.4) is 0 Å². The van der Waals surface area contributed by atoms with Gasteiger partial charge in [0.15, 0.2) is 6.29 Å². The number of nitrogens with one attached hydrogen (secondary N) is 1. The van der Waals surface area contributed by atoms with Gasteiger partial charge in [0, 0.05) is 23.6 Å². The van der Waals surface area contributed by atoms with Gasteiger partial charge in [-0.1, -0.05) is 23.7 Å². The quantitative estimate of drug-likeness (QED) is 0.331. The monoisotopic (exact) mass is 538 g/mol. The summed E-state index contributed by atoms with van der Waals surface area (Å²) in [6, 6.07) is 12.7. The van der Waals surface area contributed by atoms with Crippen molar-refractivity contribution in [3.05, 3.63) is 91.0 Å². The topological polar surface area (TPSA) is 104 Å². The lowest BCUT2D eigenvalue weighted by Crippen LogP contribution is -2.50. The van der Waals surface area contributed by atoms with Crippen molar-refractivity contribution in [2.24, 2.45) is 4.99 Å². The normalized spacial score (nSPS) is 16.4. The molecule has 0 spiro atoms. The van der Waals surface area contributed by atoms with Crippen LogP contribution < -0.4 is 17.0 Å². The van der Waals surface area contributed by atoms with Gasteiger partial charge in [-0.15, -0.1) is 0 Å². The third-order valence-electron chi connectivity index (χ3n) is 6.80. The number of H-pyrrole nitrogens is 1. The third-order valence-corrected chi connectivity index (χ3v) is 7.05. The first-order valence-corrected chi connectivity index (χ1v) is 13.2. The molecule has 1 atom stereocenters. The maximum atomic E-state index is 13.6. The molecule has 1 aliphatic heterocycles. The fourth-order valence-corrected chi connectivity index (χ4v) is 4.68. The Labute approximate surface area is 224 Å². The van der Waals surface area contributed by atoms with Crippen LogP contribution >= 0.6 is 11.6 Å². The van der Waals surface area contributed by atoms with Gasteiger partial charge in [0.2, 0.25) is 5.62 Å². The highest BCUT2D eigenvalue weighted by molar-refractivity contribution is 6.30. The highest BCUT2D eigenvalue weighted by Gasteiger charge is 2.15. The van der Waals surface area contributed by atoms with E-state index in [1.54, 1.807) is 18.2 Å². The number of aromatic nitrogens is 3. The number of hydrogen-bond acceptors (Lipinski definition) is 6. The van der Waals surface area contributed by atoms with E-state index in [0.717, 1.165) is 47.1 Å². The van der Waals surface area contributed by atoms with Crippen LogP contribution in [0.5, 0.6) is 0 Å². The first kappa shape index (κ1) is 26.2. The van der Waals surface area contributed by atoms with Crippen molar-refractivity contribution >= 4 is 28.3 Å². The first-order chi connectivity index (χ1) is 18.4. The summed E-state index contributed by atoms with van der Waals surface area (Å²) >= 11 is 6.05. The Hall–Kier alpha value is -3.40. The largest absolute Gasteiger partial charge is 0.461 e. The Morgan fingerprint density at radius 2 is 1.92 bits per heavy atom. The highest BCUT2D eigenvalue weighted by Crippen LogP contribution is 2.28. The molecule has 1 N–H and O–H groups in total. The van der Waals surface area contributed by atoms with Gasteiger partial charge in [0.05, 0.1) is 18.8 Å². The minimum absolute atomic E-state index is 0.162. The molecule has 0 radical (unpaired) electrons. The molecule has 1 unspecified atom stereocenters. The third kappa shape index (κ3) is 5.85. The molecule has 2 aromatic carbocycles. The SMILES string of the molecule is Cc1oc2ccc(/N=c3\[nH]c(=O)n(CCCOC4CCCCO4)c(=O)n3Cc3ccc(Cl)cc3)cc2c1C. The lowest BCUT2D eigenvalue weighted by atomic mass is 10.1. The van der Waals surface area contributed by atoms with Gasteiger partial charge in [-0.25, -0.2) is 19.1 Å². The van der Waals surface area contributed by atoms with Crippen LogP contribution in [-0.2, 0) is 22.6 Å². The molecule has 4 aromatic rings. The van der Waals surface area contributed by atoms with Crippen LogP contribution in [0.4, 0.5) is 5.69 Å². The number of ether oxygens (including phenoxy) is 2. The average Bonchev–Trinajstić information content (AvgIpc) is 3.20. The van der Waals surface area contributed by atoms with Crippen LogP contribution in [-0.4, -0.2) is 33.6 Å². The Balaban J connectivity index is 1.48. The maximum absolute atomic E-state index is 13.6. The van der Waals surface area contributed by atoms with Crippen molar-refractivity contribution in [3.8, 4) is 0 Å². The van der Waals surface area contributed by atoms with Gasteiger partial charge in [-0.2, -0.15) is 0 Å². The molecule has 200 valence electrons. The van der Waals surface area contributed by atoms with Gasteiger partial charge in [0.1, 0.15) is 11.3 Å². The van der Waals surface area contributed by atoms with E-state index in [1.165, 1.54) is 9.13 Å². The number of rotatable bonds is 8. The summed E-state index contributed by atoms with van der Waals surface area (Å²) in [4.78, 5) is 34.1. The number of nitrogens with zero attached hydrogens (tertiary/aromatic N) is 3. The highest BCUT2D eigenvalue weighted by atomic mass is 35.5. The number of furan rings is 1. The molecule has 10 heteroatoms. The molecule has 2 aromatic heterocycles. The molecule has 1 aliphatic rings. The predicted molar refractivity (Wildman–Crippen MR) is 145 cm³/mol.